The van der Waals surface area contributed by atoms with Crippen LogP contribution in [-0.4, -0.2) is 32.5 Å². The summed E-state index contributed by atoms with van der Waals surface area (Å²) < 4.78 is 0. The van der Waals surface area contributed by atoms with Crippen molar-refractivity contribution in [2.45, 2.75) is 13.0 Å². The maximum Gasteiger partial charge on any atom is 0.162 e. The summed E-state index contributed by atoms with van der Waals surface area (Å²) in [6, 6.07) is 5.70. The number of hydrogen-bond donors (Lipinski definition) is 2. The van der Waals surface area contributed by atoms with Crippen LogP contribution >= 0.6 is 0 Å². The number of anilines is 1. The second-order valence-electron chi connectivity index (χ2n) is 4.88. The van der Waals surface area contributed by atoms with Crippen LogP contribution in [0, 0.1) is 0 Å². The summed E-state index contributed by atoms with van der Waals surface area (Å²) in [4.78, 5) is 17.3. The Morgan fingerprint density at radius 2 is 1.86 bits per heavy atom. The Kier molecular flexibility index (Phi) is 3.70. The van der Waals surface area contributed by atoms with E-state index in [-0.39, 0.29) is 6.04 Å². The maximum atomic E-state index is 5.81. The highest BCUT2D eigenvalue weighted by Gasteiger charge is 2.09. The molecule has 0 fully saturated rings. The van der Waals surface area contributed by atoms with Gasteiger partial charge < -0.3 is 11.1 Å². The third-order valence-electron chi connectivity index (χ3n) is 3.03. The van der Waals surface area contributed by atoms with E-state index in [1.807, 2.05) is 25.1 Å². The van der Waals surface area contributed by atoms with Crippen molar-refractivity contribution in [3.63, 3.8) is 0 Å². The first-order chi connectivity index (χ1) is 10.2. The normalized spacial score (nSPS) is 12.3. The van der Waals surface area contributed by atoms with Crippen LogP contribution in [0.1, 0.15) is 6.92 Å². The molecular weight excluding hydrogens is 264 g/mol. The van der Waals surface area contributed by atoms with Gasteiger partial charge in [0.15, 0.2) is 5.82 Å². The molecule has 3 aromatic heterocycles. The van der Waals surface area contributed by atoms with Crippen LogP contribution in [-0.2, 0) is 0 Å². The van der Waals surface area contributed by atoms with Gasteiger partial charge in [0.05, 0.1) is 11.7 Å². The lowest BCUT2D eigenvalue weighted by molar-refractivity contribution is 0.778. The van der Waals surface area contributed by atoms with Crippen molar-refractivity contribution in [1.82, 2.24) is 19.9 Å². The van der Waals surface area contributed by atoms with Crippen molar-refractivity contribution in [2.75, 3.05) is 11.9 Å². The largest absolute Gasteiger partial charge is 0.368 e. The zero-order valence-electron chi connectivity index (χ0n) is 11.7. The van der Waals surface area contributed by atoms with E-state index in [1.165, 1.54) is 0 Å². The lowest BCUT2D eigenvalue weighted by atomic mass is 10.2. The van der Waals surface area contributed by atoms with E-state index >= 15 is 0 Å². The van der Waals surface area contributed by atoms with Crippen molar-refractivity contribution in [3.8, 4) is 11.4 Å². The van der Waals surface area contributed by atoms with E-state index in [2.05, 4.69) is 25.3 Å². The average molecular weight is 280 g/mol. The molecule has 0 aliphatic carbocycles. The molecule has 0 saturated heterocycles. The van der Waals surface area contributed by atoms with Crippen molar-refractivity contribution < 1.29 is 0 Å². The Morgan fingerprint density at radius 3 is 2.62 bits per heavy atom. The van der Waals surface area contributed by atoms with Gasteiger partial charge in [0, 0.05) is 42.1 Å². The van der Waals surface area contributed by atoms with Gasteiger partial charge in [-0.05, 0) is 25.1 Å². The number of aromatic nitrogens is 4. The van der Waals surface area contributed by atoms with E-state index in [9.17, 15) is 0 Å². The molecule has 3 N–H and O–H groups in total. The van der Waals surface area contributed by atoms with Gasteiger partial charge in [0.1, 0.15) is 5.82 Å². The van der Waals surface area contributed by atoms with Crippen molar-refractivity contribution >= 4 is 16.7 Å². The number of hydrogen-bond acceptors (Lipinski definition) is 6. The minimum absolute atomic E-state index is 0.0428. The SMILES string of the molecule is C[C@@H](N)CNc1nc(-c2ccncc2)nc2cnccc12. The standard InChI is InChI=1S/C15H16N6/c1-10(16)8-19-15-12-4-7-18-9-13(12)20-14(21-15)11-2-5-17-6-3-11/h2-7,9-10H,8,16H2,1H3,(H,19,20,21)/t10-/m1/s1. The van der Waals surface area contributed by atoms with Gasteiger partial charge in [-0.2, -0.15) is 0 Å². The molecule has 1 atom stereocenters. The Balaban J connectivity index is 2.10. The van der Waals surface area contributed by atoms with Crippen LogP contribution in [0.5, 0.6) is 0 Å². The molecular formula is C15H16N6. The summed E-state index contributed by atoms with van der Waals surface area (Å²) in [5.41, 5.74) is 7.52. The number of nitrogens with zero attached hydrogens (tertiary/aromatic N) is 4. The van der Waals surface area contributed by atoms with Crippen LogP contribution < -0.4 is 11.1 Å². The lowest BCUT2D eigenvalue weighted by Crippen LogP contribution is -2.25. The molecule has 3 aromatic rings. The predicted octanol–water partition coefficient (Wildman–Crippen LogP) is 1.85. The lowest BCUT2D eigenvalue weighted by Gasteiger charge is -2.12. The van der Waals surface area contributed by atoms with E-state index in [0.29, 0.717) is 12.4 Å². The van der Waals surface area contributed by atoms with E-state index < -0.39 is 0 Å². The monoisotopic (exact) mass is 280 g/mol. The topological polar surface area (TPSA) is 89.6 Å². The number of rotatable bonds is 4. The minimum Gasteiger partial charge on any atom is -0.368 e. The van der Waals surface area contributed by atoms with Gasteiger partial charge in [-0.1, -0.05) is 0 Å². The molecule has 0 aromatic carbocycles. The van der Waals surface area contributed by atoms with Crippen LogP contribution in [0.15, 0.2) is 43.0 Å². The Hall–Kier alpha value is -2.60. The Labute approximate surface area is 122 Å². The highest BCUT2D eigenvalue weighted by atomic mass is 15.0. The van der Waals surface area contributed by atoms with Crippen LogP contribution in [0.4, 0.5) is 5.82 Å². The van der Waals surface area contributed by atoms with Gasteiger partial charge >= 0.3 is 0 Å². The first-order valence-electron chi connectivity index (χ1n) is 6.75. The zero-order valence-corrected chi connectivity index (χ0v) is 11.7. The molecule has 0 saturated carbocycles. The maximum absolute atomic E-state index is 5.81. The highest BCUT2D eigenvalue weighted by molar-refractivity contribution is 5.89. The summed E-state index contributed by atoms with van der Waals surface area (Å²) in [5, 5.41) is 4.21. The fourth-order valence-corrected chi connectivity index (χ4v) is 2.00. The number of pyridine rings is 2. The summed E-state index contributed by atoms with van der Waals surface area (Å²) >= 11 is 0. The second kappa shape index (κ2) is 5.80. The molecule has 6 heteroatoms. The first-order valence-corrected chi connectivity index (χ1v) is 6.75. The van der Waals surface area contributed by atoms with Gasteiger partial charge in [-0.15, -0.1) is 0 Å². The molecule has 6 nitrogen and oxygen atoms in total. The average Bonchev–Trinajstić information content (AvgIpc) is 2.53. The molecule has 0 aliphatic heterocycles. The second-order valence-corrected chi connectivity index (χ2v) is 4.88. The molecule has 0 aliphatic rings. The summed E-state index contributed by atoms with van der Waals surface area (Å²) in [5.74, 6) is 1.41. The number of nitrogens with two attached hydrogens (primary N) is 1. The molecule has 3 heterocycles. The van der Waals surface area contributed by atoms with Crippen LogP contribution in [0.3, 0.4) is 0 Å². The minimum atomic E-state index is 0.0428. The molecule has 0 radical (unpaired) electrons. The van der Waals surface area contributed by atoms with Gasteiger partial charge in [0.2, 0.25) is 0 Å². The number of fused-ring (bicyclic) bond motifs is 1. The van der Waals surface area contributed by atoms with Gasteiger partial charge in [-0.25, -0.2) is 9.97 Å². The third kappa shape index (κ3) is 2.95. The summed E-state index contributed by atoms with van der Waals surface area (Å²) in [6.45, 7) is 2.59. The van der Waals surface area contributed by atoms with Crippen molar-refractivity contribution in [1.29, 1.82) is 0 Å². The Bertz CT molecular complexity index is 741. The van der Waals surface area contributed by atoms with Crippen molar-refractivity contribution in [3.05, 3.63) is 43.0 Å². The number of nitrogens with one attached hydrogen (secondary N) is 1. The fraction of sp³-hybridized carbons (Fsp3) is 0.200. The quantitative estimate of drug-likeness (QED) is 0.758. The predicted molar refractivity (Wildman–Crippen MR) is 82.7 cm³/mol. The van der Waals surface area contributed by atoms with E-state index in [1.54, 1.807) is 24.8 Å². The van der Waals surface area contributed by atoms with Gasteiger partial charge in [-0.3, -0.25) is 9.97 Å². The van der Waals surface area contributed by atoms with Crippen LogP contribution in [0.2, 0.25) is 0 Å². The molecule has 0 amide bonds. The summed E-state index contributed by atoms with van der Waals surface area (Å²) in [7, 11) is 0. The molecule has 0 bridgehead atoms. The first kappa shape index (κ1) is 13.4. The molecule has 0 unspecified atom stereocenters. The fourth-order valence-electron chi connectivity index (χ4n) is 2.00. The third-order valence-corrected chi connectivity index (χ3v) is 3.03. The van der Waals surface area contributed by atoms with Crippen LogP contribution in [0.25, 0.3) is 22.3 Å². The van der Waals surface area contributed by atoms with E-state index in [0.717, 1.165) is 22.3 Å². The van der Waals surface area contributed by atoms with Crippen molar-refractivity contribution in [2.24, 2.45) is 5.73 Å². The molecule has 3 rings (SSSR count). The smallest absolute Gasteiger partial charge is 0.162 e. The molecule has 21 heavy (non-hydrogen) atoms. The zero-order chi connectivity index (χ0) is 14.7. The molecule has 0 spiro atoms. The Morgan fingerprint density at radius 1 is 1.10 bits per heavy atom. The highest BCUT2D eigenvalue weighted by Crippen LogP contribution is 2.23. The summed E-state index contributed by atoms with van der Waals surface area (Å²) in [6.07, 6.45) is 6.91. The molecule has 106 valence electrons. The van der Waals surface area contributed by atoms with E-state index in [4.69, 9.17) is 5.73 Å². The van der Waals surface area contributed by atoms with Gasteiger partial charge in [0.25, 0.3) is 0 Å².